The number of carboxylic acid groups (broad SMARTS) is 1. The summed E-state index contributed by atoms with van der Waals surface area (Å²) in [5.41, 5.74) is 1.56. The van der Waals surface area contributed by atoms with Crippen molar-refractivity contribution in [3.8, 4) is 0 Å². The number of ether oxygens (including phenoxy) is 2. The van der Waals surface area contributed by atoms with Crippen molar-refractivity contribution in [3.63, 3.8) is 0 Å². The average molecular weight is 518 g/mol. The molecule has 1 amide bonds. The summed E-state index contributed by atoms with van der Waals surface area (Å²) < 4.78 is 10.0. The van der Waals surface area contributed by atoms with Crippen LogP contribution in [-0.4, -0.2) is 58.4 Å². The zero-order valence-corrected chi connectivity index (χ0v) is 20.9. The zero-order chi connectivity index (χ0) is 27.7. The SMILES string of the molecule is CC(=O)O[C@@H](C(=O)O)[C@@H](OC(C)=O)C(=O)N(CC(=O)c1ccccc1)C(c1ccccc1)c1ccccc1. The molecule has 0 fully saturated rings. The van der Waals surface area contributed by atoms with Gasteiger partial charge in [0.1, 0.15) is 0 Å². The van der Waals surface area contributed by atoms with Gasteiger partial charge in [0, 0.05) is 19.4 Å². The molecular weight excluding hydrogens is 490 g/mol. The maximum atomic E-state index is 14.1. The molecule has 0 bridgehead atoms. The molecule has 0 unspecified atom stereocenters. The number of benzene rings is 3. The quantitative estimate of drug-likeness (QED) is 0.303. The van der Waals surface area contributed by atoms with Crippen LogP contribution in [0.5, 0.6) is 0 Å². The largest absolute Gasteiger partial charge is 0.478 e. The van der Waals surface area contributed by atoms with Crippen molar-refractivity contribution < 1.29 is 38.6 Å². The van der Waals surface area contributed by atoms with Gasteiger partial charge in [-0.15, -0.1) is 0 Å². The number of carbonyl (C=O) groups excluding carboxylic acids is 4. The van der Waals surface area contributed by atoms with Gasteiger partial charge in [0.25, 0.3) is 5.91 Å². The number of hydrogen-bond donors (Lipinski definition) is 1. The number of Topliss-reactive ketones (excluding diaryl/α,β-unsaturated/α-hetero) is 1. The Morgan fingerprint density at radius 3 is 1.53 bits per heavy atom. The lowest BCUT2D eigenvalue weighted by Crippen LogP contribution is -2.53. The molecule has 38 heavy (non-hydrogen) atoms. The number of amides is 1. The molecule has 0 radical (unpaired) electrons. The molecule has 196 valence electrons. The molecule has 1 N–H and O–H groups in total. The number of carboxylic acids is 1. The Hall–Kier alpha value is -4.79. The van der Waals surface area contributed by atoms with Gasteiger partial charge in [0.15, 0.2) is 5.78 Å². The number of nitrogens with zero attached hydrogens (tertiary/aromatic N) is 1. The van der Waals surface area contributed by atoms with Crippen molar-refractivity contribution >= 4 is 29.6 Å². The third-order valence-electron chi connectivity index (χ3n) is 5.58. The molecule has 3 aromatic carbocycles. The molecule has 3 rings (SSSR count). The molecule has 0 saturated carbocycles. The Bertz CT molecular complexity index is 1240. The number of hydrogen-bond acceptors (Lipinski definition) is 7. The van der Waals surface area contributed by atoms with E-state index in [1.165, 1.54) is 0 Å². The molecule has 0 aliphatic rings. The third-order valence-corrected chi connectivity index (χ3v) is 5.58. The molecule has 0 aliphatic heterocycles. The molecule has 9 heteroatoms. The number of ketones is 1. The van der Waals surface area contributed by atoms with Crippen molar-refractivity contribution in [2.75, 3.05) is 6.54 Å². The van der Waals surface area contributed by atoms with E-state index in [1.807, 2.05) is 0 Å². The molecule has 0 aliphatic carbocycles. The van der Waals surface area contributed by atoms with Gasteiger partial charge < -0.3 is 19.5 Å². The maximum absolute atomic E-state index is 14.1. The van der Waals surface area contributed by atoms with Gasteiger partial charge in [-0.1, -0.05) is 91.0 Å². The number of esters is 2. The predicted molar refractivity (Wildman–Crippen MR) is 136 cm³/mol. The van der Waals surface area contributed by atoms with Crippen LogP contribution >= 0.6 is 0 Å². The van der Waals surface area contributed by atoms with Crippen molar-refractivity contribution in [1.82, 2.24) is 4.90 Å². The van der Waals surface area contributed by atoms with E-state index in [1.54, 1.807) is 91.0 Å². The molecule has 0 aromatic heterocycles. The van der Waals surface area contributed by atoms with E-state index >= 15 is 0 Å². The number of rotatable bonds is 11. The first-order chi connectivity index (χ1) is 18.2. The number of aliphatic carboxylic acids is 1. The second-order valence-electron chi connectivity index (χ2n) is 8.38. The molecule has 0 heterocycles. The van der Waals surface area contributed by atoms with Crippen molar-refractivity contribution in [3.05, 3.63) is 108 Å². The Balaban J connectivity index is 2.18. The lowest BCUT2D eigenvalue weighted by molar-refractivity contribution is -0.184. The summed E-state index contributed by atoms with van der Waals surface area (Å²) in [6, 6.07) is 25.0. The lowest BCUT2D eigenvalue weighted by Gasteiger charge is -2.35. The van der Waals surface area contributed by atoms with E-state index in [-0.39, 0.29) is 0 Å². The summed E-state index contributed by atoms with van der Waals surface area (Å²) in [7, 11) is 0. The van der Waals surface area contributed by atoms with E-state index in [9.17, 15) is 29.1 Å². The summed E-state index contributed by atoms with van der Waals surface area (Å²) in [6.45, 7) is 1.48. The molecular formula is C29H27NO8. The van der Waals surface area contributed by atoms with Gasteiger partial charge >= 0.3 is 17.9 Å². The van der Waals surface area contributed by atoms with Crippen molar-refractivity contribution in [2.24, 2.45) is 0 Å². The first kappa shape index (κ1) is 27.8. The Morgan fingerprint density at radius 2 is 1.11 bits per heavy atom. The predicted octanol–water partition coefficient (Wildman–Crippen LogP) is 3.44. The van der Waals surface area contributed by atoms with Gasteiger partial charge in [-0.25, -0.2) is 4.79 Å². The fraction of sp³-hybridized carbons (Fsp3) is 0.207. The molecule has 3 aromatic rings. The molecule has 0 saturated heterocycles. The van der Waals surface area contributed by atoms with Crippen LogP contribution in [-0.2, 0) is 28.7 Å². The number of carbonyl (C=O) groups is 5. The van der Waals surface area contributed by atoms with Gasteiger partial charge in [-0.2, -0.15) is 0 Å². The Labute approximate surface area is 219 Å². The minimum atomic E-state index is -2.13. The summed E-state index contributed by atoms with van der Waals surface area (Å²) in [4.78, 5) is 64.3. The summed E-state index contributed by atoms with van der Waals surface area (Å²) in [6.07, 6.45) is -4.18. The van der Waals surface area contributed by atoms with Gasteiger partial charge in [0.2, 0.25) is 12.2 Å². The summed E-state index contributed by atoms with van der Waals surface area (Å²) in [5.74, 6) is -5.10. The van der Waals surface area contributed by atoms with E-state index in [2.05, 4.69) is 0 Å². The van der Waals surface area contributed by atoms with Crippen LogP contribution in [0.15, 0.2) is 91.0 Å². The highest BCUT2D eigenvalue weighted by Gasteiger charge is 2.44. The third kappa shape index (κ3) is 7.13. The van der Waals surface area contributed by atoms with Crippen LogP contribution in [0.4, 0.5) is 0 Å². The lowest BCUT2D eigenvalue weighted by atomic mass is 9.95. The fourth-order valence-electron chi connectivity index (χ4n) is 3.99. The smallest absolute Gasteiger partial charge is 0.349 e. The fourth-order valence-corrected chi connectivity index (χ4v) is 3.99. The molecule has 9 nitrogen and oxygen atoms in total. The van der Waals surface area contributed by atoms with Crippen molar-refractivity contribution in [1.29, 1.82) is 0 Å². The normalized spacial score (nSPS) is 12.2. The second kappa shape index (κ2) is 13.0. The second-order valence-corrected chi connectivity index (χ2v) is 8.38. The van der Waals surface area contributed by atoms with Crippen LogP contribution in [0, 0.1) is 0 Å². The molecule has 2 atom stereocenters. The van der Waals surface area contributed by atoms with E-state index in [0.717, 1.165) is 18.7 Å². The van der Waals surface area contributed by atoms with Crippen LogP contribution in [0.1, 0.15) is 41.4 Å². The Kier molecular flexibility index (Phi) is 9.48. The standard InChI is InChI=1S/C29H27NO8/c1-19(31)37-26(27(29(35)36)38-20(2)32)28(34)30(18-24(33)21-12-6-3-7-13-21)25(22-14-8-4-9-15-22)23-16-10-5-11-17-23/h3-17,25-27H,18H2,1-2H3,(H,35,36)/t26-,27-/m1/s1. The minimum absolute atomic E-state index is 0.323. The van der Waals surface area contributed by atoms with Gasteiger partial charge in [-0.3, -0.25) is 19.2 Å². The van der Waals surface area contributed by atoms with Crippen molar-refractivity contribution in [2.45, 2.75) is 32.1 Å². The van der Waals surface area contributed by atoms with E-state index in [0.29, 0.717) is 16.7 Å². The van der Waals surface area contributed by atoms with E-state index < -0.39 is 54.4 Å². The monoisotopic (exact) mass is 517 g/mol. The topological polar surface area (TPSA) is 127 Å². The van der Waals surface area contributed by atoms with Crippen LogP contribution in [0.25, 0.3) is 0 Å². The maximum Gasteiger partial charge on any atom is 0.349 e. The van der Waals surface area contributed by atoms with E-state index in [4.69, 9.17) is 9.47 Å². The summed E-state index contributed by atoms with van der Waals surface area (Å²) in [5, 5.41) is 9.76. The summed E-state index contributed by atoms with van der Waals surface area (Å²) >= 11 is 0. The highest BCUT2D eigenvalue weighted by Crippen LogP contribution is 2.30. The zero-order valence-electron chi connectivity index (χ0n) is 20.9. The first-order valence-electron chi connectivity index (χ1n) is 11.7. The minimum Gasteiger partial charge on any atom is -0.478 e. The highest BCUT2D eigenvalue weighted by atomic mass is 16.6. The van der Waals surface area contributed by atoms with Crippen LogP contribution < -0.4 is 0 Å². The van der Waals surface area contributed by atoms with Gasteiger partial charge in [-0.05, 0) is 11.1 Å². The van der Waals surface area contributed by atoms with Crippen LogP contribution in [0.2, 0.25) is 0 Å². The van der Waals surface area contributed by atoms with Crippen LogP contribution in [0.3, 0.4) is 0 Å². The Morgan fingerprint density at radius 1 is 0.684 bits per heavy atom. The van der Waals surface area contributed by atoms with Gasteiger partial charge in [0.05, 0.1) is 12.6 Å². The highest BCUT2D eigenvalue weighted by molar-refractivity contribution is 6.00. The average Bonchev–Trinajstić information content (AvgIpc) is 2.91. The molecule has 0 spiro atoms. The first-order valence-corrected chi connectivity index (χ1v) is 11.7.